The third kappa shape index (κ3) is 2.61. The fraction of sp³-hybridized carbons (Fsp3) is 0. The number of pyridine rings is 1. The molecular formula is C12H7BrN4OS. The molecule has 0 radical (unpaired) electrons. The summed E-state index contributed by atoms with van der Waals surface area (Å²) in [7, 11) is 0. The summed E-state index contributed by atoms with van der Waals surface area (Å²) in [5.41, 5.74) is 2.05. The third-order valence-corrected chi connectivity index (χ3v) is 3.51. The summed E-state index contributed by atoms with van der Waals surface area (Å²) in [6, 6.07) is 8.76. The number of hydrogen-bond donors (Lipinski definition) is 1. The summed E-state index contributed by atoms with van der Waals surface area (Å²) >= 11 is 4.42. The van der Waals surface area contributed by atoms with Crippen molar-refractivity contribution in [2.24, 2.45) is 0 Å². The largest absolute Gasteiger partial charge is 0.307 e. The van der Waals surface area contributed by atoms with Crippen molar-refractivity contribution in [3.05, 3.63) is 46.6 Å². The number of amides is 1. The molecule has 5 nitrogen and oxygen atoms in total. The zero-order valence-electron chi connectivity index (χ0n) is 9.50. The topological polar surface area (TPSA) is 67.8 Å². The van der Waals surface area contributed by atoms with E-state index in [1.165, 1.54) is 0 Å². The Labute approximate surface area is 121 Å². The van der Waals surface area contributed by atoms with Crippen LogP contribution < -0.4 is 5.32 Å². The van der Waals surface area contributed by atoms with E-state index in [9.17, 15) is 4.79 Å². The molecule has 0 bridgehead atoms. The van der Waals surface area contributed by atoms with Crippen LogP contribution >= 0.6 is 27.7 Å². The third-order valence-electron chi connectivity index (χ3n) is 2.48. The molecule has 0 unspecified atom stereocenters. The second-order valence-electron chi connectivity index (χ2n) is 3.78. The summed E-state index contributed by atoms with van der Waals surface area (Å²) < 4.78 is 9.06. The standard InChI is InChI=1S/C12H7BrN4OS/c13-8-2-4-11(14-6-8)15-12(18)7-1-3-9-10(5-7)17-19-16-9/h1-6H,(H,14,15,18). The van der Waals surface area contributed by atoms with Gasteiger partial charge in [0.05, 0.1) is 11.7 Å². The number of aromatic nitrogens is 3. The van der Waals surface area contributed by atoms with Gasteiger partial charge in [-0.25, -0.2) is 4.98 Å². The summed E-state index contributed by atoms with van der Waals surface area (Å²) in [4.78, 5) is 16.1. The molecule has 3 rings (SSSR count). The van der Waals surface area contributed by atoms with Gasteiger partial charge >= 0.3 is 0 Å². The highest BCUT2D eigenvalue weighted by molar-refractivity contribution is 9.10. The lowest BCUT2D eigenvalue weighted by molar-refractivity contribution is 0.102. The minimum absolute atomic E-state index is 0.218. The van der Waals surface area contributed by atoms with Crippen molar-refractivity contribution in [3.8, 4) is 0 Å². The normalized spacial score (nSPS) is 10.6. The average molecular weight is 335 g/mol. The number of nitrogens with zero attached hydrogens (tertiary/aromatic N) is 3. The molecule has 7 heteroatoms. The molecule has 0 spiro atoms. The zero-order valence-corrected chi connectivity index (χ0v) is 11.9. The molecule has 1 aromatic carbocycles. The van der Waals surface area contributed by atoms with E-state index in [2.05, 4.69) is 35.0 Å². The van der Waals surface area contributed by atoms with E-state index in [1.54, 1.807) is 30.5 Å². The van der Waals surface area contributed by atoms with Crippen LogP contribution in [-0.4, -0.2) is 19.6 Å². The van der Waals surface area contributed by atoms with Crippen molar-refractivity contribution in [2.75, 3.05) is 5.32 Å². The zero-order chi connectivity index (χ0) is 13.2. The number of hydrogen-bond acceptors (Lipinski definition) is 5. The molecule has 0 fully saturated rings. The van der Waals surface area contributed by atoms with Gasteiger partial charge in [-0.15, -0.1) is 0 Å². The molecule has 0 saturated carbocycles. The molecule has 0 aliphatic rings. The number of rotatable bonds is 2. The van der Waals surface area contributed by atoms with Crippen LogP contribution in [0, 0.1) is 0 Å². The van der Waals surface area contributed by atoms with Crippen molar-refractivity contribution in [2.45, 2.75) is 0 Å². The van der Waals surface area contributed by atoms with E-state index >= 15 is 0 Å². The highest BCUT2D eigenvalue weighted by Crippen LogP contribution is 2.15. The fourth-order valence-electron chi connectivity index (χ4n) is 1.56. The SMILES string of the molecule is O=C(Nc1ccc(Br)cn1)c1ccc2nsnc2c1. The Hall–Kier alpha value is -1.86. The summed E-state index contributed by atoms with van der Waals surface area (Å²) in [6.45, 7) is 0. The van der Waals surface area contributed by atoms with Crippen molar-refractivity contribution in [1.29, 1.82) is 0 Å². The molecule has 1 amide bonds. The van der Waals surface area contributed by atoms with Crippen LogP contribution in [-0.2, 0) is 0 Å². The predicted octanol–water partition coefficient (Wildman–Crippen LogP) is 3.10. The van der Waals surface area contributed by atoms with E-state index in [-0.39, 0.29) is 5.91 Å². The Bertz CT molecular complexity index is 741. The molecule has 0 saturated heterocycles. The number of halogens is 1. The van der Waals surface area contributed by atoms with Crippen LogP contribution in [0.5, 0.6) is 0 Å². The number of benzene rings is 1. The van der Waals surface area contributed by atoms with Gasteiger partial charge in [-0.05, 0) is 46.3 Å². The second kappa shape index (κ2) is 5.02. The minimum Gasteiger partial charge on any atom is -0.307 e. The van der Waals surface area contributed by atoms with Crippen molar-refractivity contribution >= 4 is 50.4 Å². The lowest BCUT2D eigenvalue weighted by atomic mass is 10.2. The van der Waals surface area contributed by atoms with Crippen LogP contribution in [0.15, 0.2) is 41.0 Å². The molecule has 2 heterocycles. The molecule has 94 valence electrons. The molecule has 19 heavy (non-hydrogen) atoms. The van der Waals surface area contributed by atoms with Gasteiger partial charge in [0, 0.05) is 16.2 Å². The Morgan fingerprint density at radius 2 is 2.00 bits per heavy atom. The molecule has 0 aliphatic heterocycles. The van der Waals surface area contributed by atoms with Crippen LogP contribution in [0.3, 0.4) is 0 Å². The van der Waals surface area contributed by atoms with E-state index in [0.717, 1.165) is 27.2 Å². The fourth-order valence-corrected chi connectivity index (χ4v) is 2.31. The Morgan fingerprint density at radius 3 is 2.79 bits per heavy atom. The summed E-state index contributed by atoms with van der Waals surface area (Å²) in [5.74, 6) is 0.287. The number of anilines is 1. The lowest BCUT2D eigenvalue weighted by Gasteiger charge is -2.04. The van der Waals surface area contributed by atoms with E-state index < -0.39 is 0 Å². The lowest BCUT2D eigenvalue weighted by Crippen LogP contribution is -2.12. The first-order valence-corrected chi connectivity index (χ1v) is 6.90. The Balaban J connectivity index is 1.84. The van der Waals surface area contributed by atoms with Gasteiger partial charge in [0.1, 0.15) is 16.9 Å². The maximum absolute atomic E-state index is 12.1. The van der Waals surface area contributed by atoms with Crippen LogP contribution in [0.4, 0.5) is 5.82 Å². The van der Waals surface area contributed by atoms with Gasteiger partial charge < -0.3 is 5.32 Å². The number of carbonyl (C=O) groups excluding carboxylic acids is 1. The Morgan fingerprint density at radius 1 is 1.16 bits per heavy atom. The molecule has 0 aliphatic carbocycles. The first kappa shape index (κ1) is 12.2. The van der Waals surface area contributed by atoms with Crippen molar-refractivity contribution in [1.82, 2.24) is 13.7 Å². The predicted molar refractivity (Wildman–Crippen MR) is 77.3 cm³/mol. The van der Waals surface area contributed by atoms with Crippen LogP contribution in [0.25, 0.3) is 11.0 Å². The van der Waals surface area contributed by atoms with Gasteiger partial charge in [0.15, 0.2) is 0 Å². The number of fused-ring (bicyclic) bond motifs is 1. The highest BCUT2D eigenvalue weighted by Gasteiger charge is 2.09. The van der Waals surface area contributed by atoms with Crippen LogP contribution in [0.2, 0.25) is 0 Å². The molecule has 1 N–H and O–H groups in total. The maximum Gasteiger partial charge on any atom is 0.256 e. The van der Waals surface area contributed by atoms with Gasteiger partial charge in [0.2, 0.25) is 0 Å². The van der Waals surface area contributed by atoms with E-state index in [0.29, 0.717) is 11.4 Å². The van der Waals surface area contributed by atoms with Crippen molar-refractivity contribution < 1.29 is 4.79 Å². The molecule has 2 aromatic heterocycles. The molecule has 0 atom stereocenters. The second-order valence-corrected chi connectivity index (χ2v) is 5.23. The number of nitrogens with one attached hydrogen (secondary N) is 1. The van der Waals surface area contributed by atoms with Gasteiger partial charge in [-0.2, -0.15) is 8.75 Å². The summed E-state index contributed by atoms with van der Waals surface area (Å²) in [6.07, 6.45) is 1.63. The monoisotopic (exact) mass is 334 g/mol. The highest BCUT2D eigenvalue weighted by atomic mass is 79.9. The summed E-state index contributed by atoms with van der Waals surface area (Å²) in [5, 5.41) is 2.73. The average Bonchev–Trinajstić information content (AvgIpc) is 2.88. The minimum atomic E-state index is -0.218. The molecular weight excluding hydrogens is 328 g/mol. The number of carbonyl (C=O) groups is 1. The van der Waals surface area contributed by atoms with Gasteiger partial charge in [0.25, 0.3) is 5.91 Å². The Kier molecular flexibility index (Phi) is 3.22. The van der Waals surface area contributed by atoms with E-state index in [4.69, 9.17) is 0 Å². The molecule has 3 aromatic rings. The van der Waals surface area contributed by atoms with Crippen molar-refractivity contribution in [3.63, 3.8) is 0 Å². The quantitative estimate of drug-likeness (QED) is 0.781. The smallest absolute Gasteiger partial charge is 0.256 e. The first-order valence-electron chi connectivity index (χ1n) is 5.37. The van der Waals surface area contributed by atoms with Gasteiger partial charge in [-0.1, -0.05) is 0 Å². The first-order chi connectivity index (χ1) is 9.22. The van der Waals surface area contributed by atoms with Gasteiger partial charge in [-0.3, -0.25) is 4.79 Å². The van der Waals surface area contributed by atoms with Crippen LogP contribution in [0.1, 0.15) is 10.4 Å². The van der Waals surface area contributed by atoms with E-state index in [1.807, 2.05) is 6.07 Å². The maximum atomic E-state index is 12.1.